The maximum atomic E-state index is 12.5. The Balaban J connectivity index is 2.12. The lowest BCUT2D eigenvalue weighted by molar-refractivity contribution is -0.144. The fraction of sp³-hybridized carbons (Fsp3) is 0.714. The van der Waals surface area contributed by atoms with Gasteiger partial charge in [0, 0.05) is 12.5 Å². The largest absolute Gasteiger partial charge is 0.319 e. The fourth-order valence-corrected chi connectivity index (χ4v) is 3.09. The van der Waals surface area contributed by atoms with Gasteiger partial charge in [0.1, 0.15) is 5.41 Å². The van der Waals surface area contributed by atoms with Crippen LogP contribution in [0.5, 0.6) is 0 Å². The first kappa shape index (κ1) is 12.3. The van der Waals surface area contributed by atoms with Gasteiger partial charge in [-0.15, -0.1) is 0 Å². The standard InChI is InChI=1S/C14H21NO2/c1-3-15-10-9-14(2,13(15)17)12(16)11-7-5-4-6-8-11/h3,11H,1,4-10H2,2H3. The summed E-state index contributed by atoms with van der Waals surface area (Å²) in [6, 6.07) is 0. The number of amides is 1. The molecular formula is C14H21NO2. The minimum Gasteiger partial charge on any atom is -0.319 e. The second-order valence-corrected chi connectivity index (χ2v) is 5.46. The molecule has 94 valence electrons. The predicted octanol–water partition coefficient (Wildman–Crippen LogP) is 2.52. The Morgan fingerprint density at radius 2 is 2.06 bits per heavy atom. The molecule has 3 nitrogen and oxygen atoms in total. The normalized spacial score (nSPS) is 30.6. The monoisotopic (exact) mass is 235 g/mol. The molecule has 1 atom stereocenters. The molecule has 1 aliphatic carbocycles. The van der Waals surface area contributed by atoms with E-state index in [1.165, 1.54) is 6.42 Å². The van der Waals surface area contributed by atoms with Crippen molar-refractivity contribution in [1.82, 2.24) is 4.90 Å². The van der Waals surface area contributed by atoms with Crippen LogP contribution in [-0.4, -0.2) is 23.1 Å². The zero-order valence-electron chi connectivity index (χ0n) is 10.6. The van der Waals surface area contributed by atoms with Crippen LogP contribution in [0.3, 0.4) is 0 Å². The Hall–Kier alpha value is -1.12. The average Bonchev–Trinajstić information content (AvgIpc) is 2.67. The van der Waals surface area contributed by atoms with Crippen molar-refractivity contribution < 1.29 is 9.59 Å². The first-order valence-electron chi connectivity index (χ1n) is 6.57. The van der Waals surface area contributed by atoms with Crippen molar-refractivity contribution in [1.29, 1.82) is 0 Å². The highest BCUT2D eigenvalue weighted by molar-refractivity contribution is 6.08. The van der Waals surface area contributed by atoms with E-state index >= 15 is 0 Å². The van der Waals surface area contributed by atoms with Crippen LogP contribution in [0.1, 0.15) is 45.4 Å². The molecule has 1 aliphatic heterocycles. The molecular weight excluding hydrogens is 214 g/mol. The lowest BCUT2D eigenvalue weighted by Crippen LogP contribution is -2.40. The summed E-state index contributed by atoms with van der Waals surface area (Å²) in [6.45, 7) is 6.08. The predicted molar refractivity (Wildman–Crippen MR) is 66.2 cm³/mol. The number of carbonyl (C=O) groups excluding carboxylic acids is 2. The zero-order valence-corrected chi connectivity index (χ0v) is 10.6. The van der Waals surface area contributed by atoms with E-state index in [-0.39, 0.29) is 17.6 Å². The van der Waals surface area contributed by atoms with E-state index in [9.17, 15) is 9.59 Å². The zero-order chi connectivity index (χ0) is 12.5. The number of hydrogen-bond donors (Lipinski definition) is 0. The highest BCUT2D eigenvalue weighted by atomic mass is 16.2. The molecule has 0 spiro atoms. The van der Waals surface area contributed by atoms with E-state index < -0.39 is 5.41 Å². The average molecular weight is 235 g/mol. The molecule has 0 aromatic carbocycles. The van der Waals surface area contributed by atoms with Gasteiger partial charge in [-0.3, -0.25) is 9.59 Å². The van der Waals surface area contributed by atoms with Gasteiger partial charge in [-0.2, -0.15) is 0 Å². The third-order valence-corrected chi connectivity index (χ3v) is 4.33. The quantitative estimate of drug-likeness (QED) is 0.705. The summed E-state index contributed by atoms with van der Waals surface area (Å²) < 4.78 is 0. The Morgan fingerprint density at radius 3 is 2.59 bits per heavy atom. The summed E-state index contributed by atoms with van der Waals surface area (Å²) in [5.74, 6) is 0.233. The van der Waals surface area contributed by atoms with Crippen molar-refractivity contribution in [3.8, 4) is 0 Å². The van der Waals surface area contributed by atoms with Gasteiger partial charge < -0.3 is 4.90 Å². The molecule has 0 bridgehead atoms. The number of hydrogen-bond acceptors (Lipinski definition) is 2. The Morgan fingerprint density at radius 1 is 1.41 bits per heavy atom. The van der Waals surface area contributed by atoms with Crippen molar-refractivity contribution in [3.63, 3.8) is 0 Å². The molecule has 1 saturated heterocycles. The van der Waals surface area contributed by atoms with E-state index in [1.807, 2.05) is 6.92 Å². The summed E-state index contributed by atoms with van der Waals surface area (Å²) in [6.07, 6.45) is 7.62. The molecule has 0 aromatic heterocycles. The first-order valence-corrected chi connectivity index (χ1v) is 6.57. The molecule has 0 radical (unpaired) electrons. The molecule has 1 unspecified atom stereocenters. The summed E-state index contributed by atoms with van der Waals surface area (Å²) in [5.41, 5.74) is -0.782. The topological polar surface area (TPSA) is 37.4 Å². The van der Waals surface area contributed by atoms with Crippen LogP contribution in [0.4, 0.5) is 0 Å². The van der Waals surface area contributed by atoms with Crippen molar-refractivity contribution in [3.05, 3.63) is 12.8 Å². The summed E-state index contributed by atoms with van der Waals surface area (Å²) in [4.78, 5) is 26.3. The molecule has 3 heteroatoms. The molecule has 1 saturated carbocycles. The number of Topliss-reactive ketones (excluding diaryl/α,β-unsaturated/α-hetero) is 1. The maximum absolute atomic E-state index is 12.5. The molecule has 0 N–H and O–H groups in total. The Bertz CT molecular complexity index is 344. The van der Waals surface area contributed by atoms with Crippen molar-refractivity contribution in [2.24, 2.45) is 11.3 Å². The van der Waals surface area contributed by atoms with Gasteiger partial charge in [-0.05, 0) is 32.4 Å². The number of carbonyl (C=O) groups is 2. The fourth-order valence-electron chi connectivity index (χ4n) is 3.09. The molecule has 1 amide bonds. The second kappa shape index (κ2) is 4.63. The van der Waals surface area contributed by atoms with Gasteiger partial charge in [0.25, 0.3) is 0 Å². The molecule has 2 rings (SSSR count). The Kier molecular flexibility index (Phi) is 3.36. The third kappa shape index (κ3) is 2.03. The lowest BCUT2D eigenvalue weighted by Gasteiger charge is -2.28. The number of rotatable bonds is 3. The lowest BCUT2D eigenvalue weighted by atomic mass is 9.73. The smallest absolute Gasteiger partial charge is 0.239 e. The van der Waals surface area contributed by atoms with Crippen LogP contribution >= 0.6 is 0 Å². The third-order valence-electron chi connectivity index (χ3n) is 4.33. The van der Waals surface area contributed by atoms with Gasteiger partial charge in [0.05, 0.1) is 0 Å². The summed E-state index contributed by atoms with van der Waals surface area (Å²) in [5, 5.41) is 0. The van der Waals surface area contributed by atoms with Crippen LogP contribution < -0.4 is 0 Å². The molecule has 2 aliphatic rings. The minimum atomic E-state index is -0.782. The molecule has 0 aromatic rings. The van der Waals surface area contributed by atoms with Gasteiger partial charge in [0.2, 0.25) is 5.91 Å². The van der Waals surface area contributed by atoms with Crippen LogP contribution in [0, 0.1) is 11.3 Å². The van der Waals surface area contributed by atoms with Gasteiger partial charge >= 0.3 is 0 Å². The number of likely N-dealkylation sites (tertiary alicyclic amines) is 1. The van der Waals surface area contributed by atoms with Gasteiger partial charge in [0.15, 0.2) is 5.78 Å². The summed E-state index contributed by atoms with van der Waals surface area (Å²) in [7, 11) is 0. The van der Waals surface area contributed by atoms with E-state index in [2.05, 4.69) is 6.58 Å². The highest BCUT2D eigenvalue weighted by Crippen LogP contribution is 2.38. The molecule has 2 fully saturated rings. The Labute approximate surface area is 103 Å². The van der Waals surface area contributed by atoms with Crippen LogP contribution in [0.2, 0.25) is 0 Å². The van der Waals surface area contributed by atoms with Gasteiger partial charge in [-0.25, -0.2) is 0 Å². The van der Waals surface area contributed by atoms with Crippen LogP contribution in [0.15, 0.2) is 12.8 Å². The maximum Gasteiger partial charge on any atom is 0.239 e. The van der Waals surface area contributed by atoms with E-state index in [0.717, 1.165) is 25.7 Å². The van der Waals surface area contributed by atoms with Crippen molar-refractivity contribution in [2.45, 2.75) is 45.4 Å². The molecule has 1 heterocycles. The van der Waals surface area contributed by atoms with E-state index in [4.69, 9.17) is 0 Å². The van der Waals surface area contributed by atoms with Crippen molar-refractivity contribution in [2.75, 3.05) is 6.54 Å². The molecule has 17 heavy (non-hydrogen) atoms. The van der Waals surface area contributed by atoms with Gasteiger partial charge in [-0.1, -0.05) is 25.8 Å². The highest BCUT2D eigenvalue weighted by Gasteiger charge is 2.49. The van der Waals surface area contributed by atoms with Crippen LogP contribution in [0.25, 0.3) is 0 Å². The summed E-state index contributed by atoms with van der Waals surface area (Å²) >= 11 is 0. The van der Waals surface area contributed by atoms with Crippen LogP contribution in [-0.2, 0) is 9.59 Å². The van der Waals surface area contributed by atoms with Crippen molar-refractivity contribution >= 4 is 11.7 Å². The van der Waals surface area contributed by atoms with E-state index in [0.29, 0.717) is 13.0 Å². The minimum absolute atomic E-state index is 0.0527. The second-order valence-electron chi connectivity index (χ2n) is 5.46. The number of ketones is 1. The first-order chi connectivity index (χ1) is 8.09. The van der Waals surface area contributed by atoms with E-state index in [1.54, 1.807) is 11.1 Å². The SMILES string of the molecule is C=CN1CCC(C)(C(=O)C2CCCCC2)C1=O. The number of nitrogens with zero attached hydrogens (tertiary/aromatic N) is 1.